The van der Waals surface area contributed by atoms with Crippen LogP contribution in [-0.4, -0.2) is 29.0 Å². The van der Waals surface area contributed by atoms with Crippen molar-refractivity contribution in [3.8, 4) is 0 Å². The van der Waals surface area contributed by atoms with E-state index in [1.165, 1.54) is 24.4 Å². The summed E-state index contributed by atoms with van der Waals surface area (Å²) < 4.78 is 4.98. The number of hydrogen-bond donors (Lipinski definition) is 1. The molecule has 0 spiro atoms. The zero-order chi connectivity index (χ0) is 15.0. The molecule has 0 aliphatic carbocycles. The molecule has 1 aromatic heterocycles. The van der Waals surface area contributed by atoms with Crippen LogP contribution in [0, 0.1) is 10.1 Å². The number of ether oxygens (including phenoxy) is 1. The molecular formula is C13H17N3O4. The van der Waals surface area contributed by atoms with E-state index in [2.05, 4.69) is 10.3 Å². The Bertz CT molecular complexity index is 493. The lowest BCUT2D eigenvalue weighted by Gasteiger charge is -2.05. The summed E-state index contributed by atoms with van der Waals surface area (Å²) in [4.78, 5) is 25.0. The number of aromatic nitrogens is 1. The van der Waals surface area contributed by atoms with E-state index < -0.39 is 4.92 Å². The molecule has 0 aliphatic rings. The predicted molar refractivity (Wildman–Crippen MR) is 74.4 cm³/mol. The minimum Gasteiger partial charge on any atom is -0.462 e. The quantitative estimate of drug-likeness (QED) is 0.270. The van der Waals surface area contributed by atoms with Crippen LogP contribution in [0.25, 0.3) is 0 Å². The van der Waals surface area contributed by atoms with E-state index in [0.29, 0.717) is 25.4 Å². The number of carbonyl (C=O) groups excluding carboxylic acids is 1. The summed E-state index contributed by atoms with van der Waals surface area (Å²) in [6.07, 6.45) is 3.25. The van der Waals surface area contributed by atoms with Gasteiger partial charge in [0.2, 0.25) is 0 Å². The summed E-state index contributed by atoms with van der Waals surface area (Å²) >= 11 is 0. The van der Waals surface area contributed by atoms with Gasteiger partial charge in [-0.05, 0) is 26.3 Å². The highest BCUT2D eigenvalue weighted by atomic mass is 16.6. The molecule has 0 amide bonds. The van der Waals surface area contributed by atoms with E-state index in [-0.39, 0.29) is 11.7 Å². The van der Waals surface area contributed by atoms with E-state index in [1.54, 1.807) is 0 Å². The number of esters is 1. The lowest BCUT2D eigenvalue weighted by molar-refractivity contribution is -0.385. The normalized spacial score (nSPS) is 9.70. The Morgan fingerprint density at radius 2 is 2.25 bits per heavy atom. The molecule has 0 bridgehead atoms. The molecule has 7 heteroatoms. The summed E-state index contributed by atoms with van der Waals surface area (Å²) in [6, 6.07) is 2.91. The van der Waals surface area contributed by atoms with Crippen molar-refractivity contribution in [3.63, 3.8) is 0 Å². The van der Waals surface area contributed by atoms with E-state index in [0.717, 1.165) is 5.57 Å². The Hall–Kier alpha value is -2.44. The van der Waals surface area contributed by atoms with Crippen LogP contribution in [0.1, 0.15) is 20.3 Å². The Morgan fingerprint density at radius 3 is 2.80 bits per heavy atom. The van der Waals surface area contributed by atoms with Gasteiger partial charge in [0.15, 0.2) is 0 Å². The first-order chi connectivity index (χ1) is 9.49. The van der Waals surface area contributed by atoms with Gasteiger partial charge in [-0.2, -0.15) is 0 Å². The first kappa shape index (κ1) is 15.6. The Morgan fingerprint density at radius 1 is 1.50 bits per heavy atom. The first-order valence-corrected chi connectivity index (χ1v) is 6.15. The van der Waals surface area contributed by atoms with E-state index >= 15 is 0 Å². The zero-order valence-electron chi connectivity index (χ0n) is 11.5. The maximum absolute atomic E-state index is 11.2. The van der Waals surface area contributed by atoms with Gasteiger partial charge in [0, 0.05) is 18.7 Å². The van der Waals surface area contributed by atoms with Crippen LogP contribution in [0.4, 0.5) is 11.5 Å². The van der Waals surface area contributed by atoms with Gasteiger partial charge in [-0.3, -0.25) is 10.1 Å². The van der Waals surface area contributed by atoms with E-state index in [1.807, 2.05) is 13.8 Å². The van der Waals surface area contributed by atoms with Gasteiger partial charge >= 0.3 is 5.97 Å². The molecule has 1 N–H and O–H groups in total. The average molecular weight is 279 g/mol. The van der Waals surface area contributed by atoms with Crippen LogP contribution in [0.3, 0.4) is 0 Å². The highest BCUT2D eigenvalue weighted by molar-refractivity contribution is 5.82. The van der Waals surface area contributed by atoms with Crippen molar-refractivity contribution in [2.75, 3.05) is 18.5 Å². The molecule has 1 heterocycles. The minimum absolute atomic E-state index is 0.0498. The van der Waals surface area contributed by atoms with Crippen molar-refractivity contribution in [1.82, 2.24) is 4.98 Å². The molecule has 20 heavy (non-hydrogen) atoms. The van der Waals surface area contributed by atoms with Crippen molar-refractivity contribution < 1.29 is 14.5 Å². The first-order valence-electron chi connectivity index (χ1n) is 6.15. The second kappa shape index (κ2) is 7.88. The van der Waals surface area contributed by atoms with Gasteiger partial charge in [-0.25, -0.2) is 9.78 Å². The number of rotatable bonds is 7. The molecule has 0 saturated carbocycles. The lowest BCUT2D eigenvalue weighted by atomic mass is 10.3. The van der Waals surface area contributed by atoms with Gasteiger partial charge in [0.1, 0.15) is 12.0 Å². The smallest absolute Gasteiger partial charge is 0.330 e. The molecular weight excluding hydrogens is 262 g/mol. The highest BCUT2D eigenvalue weighted by Gasteiger charge is 2.04. The Kier molecular flexibility index (Phi) is 6.15. The topological polar surface area (TPSA) is 94.4 Å². The van der Waals surface area contributed by atoms with Crippen molar-refractivity contribution in [1.29, 1.82) is 0 Å². The van der Waals surface area contributed by atoms with Crippen molar-refractivity contribution in [2.45, 2.75) is 20.3 Å². The van der Waals surface area contributed by atoms with Gasteiger partial charge in [-0.15, -0.1) is 0 Å². The second-order valence-electron chi connectivity index (χ2n) is 4.33. The van der Waals surface area contributed by atoms with Crippen LogP contribution in [0.5, 0.6) is 0 Å². The number of hydrogen-bond acceptors (Lipinski definition) is 6. The van der Waals surface area contributed by atoms with Crippen LogP contribution >= 0.6 is 0 Å². The third-order valence-electron chi connectivity index (χ3n) is 2.24. The number of allylic oxidation sites excluding steroid dienone is 1. The van der Waals surface area contributed by atoms with Crippen LogP contribution in [-0.2, 0) is 9.53 Å². The van der Waals surface area contributed by atoms with Gasteiger partial charge < -0.3 is 10.1 Å². The van der Waals surface area contributed by atoms with Gasteiger partial charge in [0.25, 0.3) is 5.69 Å². The largest absolute Gasteiger partial charge is 0.462 e. The molecule has 0 radical (unpaired) electrons. The van der Waals surface area contributed by atoms with Crippen LogP contribution < -0.4 is 5.32 Å². The van der Waals surface area contributed by atoms with E-state index in [9.17, 15) is 14.9 Å². The van der Waals surface area contributed by atoms with Crippen molar-refractivity contribution in [3.05, 3.63) is 40.1 Å². The third-order valence-corrected chi connectivity index (χ3v) is 2.24. The minimum atomic E-state index is -0.501. The third kappa shape index (κ3) is 5.94. The fourth-order valence-electron chi connectivity index (χ4n) is 1.34. The maximum Gasteiger partial charge on any atom is 0.330 e. The van der Waals surface area contributed by atoms with Gasteiger partial charge in [-0.1, -0.05) is 5.57 Å². The standard InChI is InChI=1S/C13H17N3O4/c1-10(2)8-13(17)20-7-3-6-14-12-5-4-11(9-15-12)16(18)19/h4-5,8-9H,3,6-7H2,1-2H3,(H,14,15). The molecule has 0 saturated heterocycles. The maximum atomic E-state index is 11.2. The molecule has 0 aliphatic heterocycles. The molecule has 0 aromatic carbocycles. The summed E-state index contributed by atoms with van der Waals surface area (Å²) in [5.41, 5.74) is 0.842. The lowest BCUT2D eigenvalue weighted by Crippen LogP contribution is -2.09. The predicted octanol–water partition coefficient (Wildman–Crippen LogP) is 2.30. The number of anilines is 1. The number of nitrogens with one attached hydrogen (secondary N) is 1. The molecule has 108 valence electrons. The van der Waals surface area contributed by atoms with Gasteiger partial charge in [0.05, 0.1) is 11.5 Å². The monoisotopic (exact) mass is 279 g/mol. The summed E-state index contributed by atoms with van der Waals surface area (Å²) in [5, 5.41) is 13.4. The Labute approximate surface area is 116 Å². The molecule has 0 fully saturated rings. The second-order valence-corrected chi connectivity index (χ2v) is 4.33. The molecule has 0 unspecified atom stereocenters. The highest BCUT2D eigenvalue weighted by Crippen LogP contribution is 2.11. The fourth-order valence-corrected chi connectivity index (χ4v) is 1.34. The summed E-state index contributed by atoms with van der Waals surface area (Å²) in [6.45, 7) is 4.52. The summed E-state index contributed by atoms with van der Waals surface area (Å²) in [7, 11) is 0. The average Bonchev–Trinajstić information content (AvgIpc) is 2.38. The Balaban J connectivity index is 2.23. The van der Waals surface area contributed by atoms with Crippen molar-refractivity contribution in [2.24, 2.45) is 0 Å². The number of nitro groups is 1. The molecule has 7 nitrogen and oxygen atoms in total. The molecule has 1 aromatic rings. The van der Waals surface area contributed by atoms with E-state index in [4.69, 9.17) is 4.74 Å². The SMILES string of the molecule is CC(C)=CC(=O)OCCCNc1ccc([N+](=O)[O-])cn1. The fraction of sp³-hybridized carbons (Fsp3) is 0.385. The number of pyridine rings is 1. The molecule has 1 rings (SSSR count). The number of carbonyl (C=O) groups is 1. The van der Waals surface area contributed by atoms with Crippen molar-refractivity contribution >= 4 is 17.5 Å². The van der Waals surface area contributed by atoms with Crippen LogP contribution in [0.15, 0.2) is 30.0 Å². The number of nitrogens with zero attached hydrogens (tertiary/aromatic N) is 2. The van der Waals surface area contributed by atoms with Crippen LogP contribution in [0.2, 0.25) is 0 Å². The summed E-state index contributed by atoms with van der Waals surface area (Å²) in [5.74, 6) is 0.199. The zero-order valence-corrected chi connectivity index (χ0v) is 11.5. The molecule has 0 atom stereocenters.